The molecule has 0 saturated heterocycles. The van der Waals surface area contributed by atoms with Crippen molar-refractivity contribution in [3.63, 3.8) is 0 Å². The second-order valence-corrected chi connectivity index (χ2v) is 7.68. The normalized spacial score (nSPS) is 12.9. The minimum absolute atomic E-state index is 0.211. The zero-order chi connectivity index (χ0) is 19.0. The number of esters is 1. The Hall–Kier alpha value is -2.74. The Morgan fingerprint density at radius 2 is 2.26 bits per heavy atom. The smallest absolute Gasteiger partial charge is 0.309 e. The fourth-order valence-electron chi connectivity index (χ4n) is 3.09. The van der Waals surface area contributed by atoms with Crippen molar-refractivity contribution in [1.29, 1.82) is 0 Å². The molecule has 3 aromatic rings. The van der Waals surface area contributed by atoms with E-state index >= 15 is 0 Å². The molecule has 3 heterocycles. The molecule has 0 saturated carbocycles. The SMILES string of the molecule is COC(=O)Cc1ccc2c(c1)OCCc1sc(-c3ncnn3C(C)C)nc1-2. The molecule has 7 nitrogen and oxygen atoms in total. The van der Waals surface area contributed by atoms with E-state index in [-0.39, 0.29) is 18.4 Å². The highest BCUT2D eigenvalue weighted by molar-refractivity contribution is 7.15. The summed E-state index contributed by atoms with van der Waals surface area (Å²) < 4.78 is 12.6. The number of benzene rings is 1. The number of nitrogens with zero attached hydrogens (tertiary/aromatic N) is 4. The van der Waals surface area contributed by atoms with Crippen LogP contribution in [0.2, 0.25) is 0 Å². The Balaban J connectivity index is 1.74. The minimum Gasteiger partial charge on any atom is -0.492 e. The Kier molecular flexibility index (Phi) is 4.65. The molecule has 1 aliphatic rings. The van der Waals surface area contributed by atoms with Gasteiger partial charge in [0.05, 0.1) is 25.8 Å². The second-order valence-electron chi connectivity index (χ2n) is 6.59. The van der Waals surface area contributed by atoms with Gasteiger partial charge in [0.25, 0.3) is 0 Å². The highest BCUT2D eigenvalue weighted by Crippen LogP contribution is 2.40. The summed E-state index contributed by atoms with van der Waals surface area (Å²) in [6, 6.07) is 6.00. The summed E-state index contributed by atoms with van der Waals surface area (Å²) >= 11 is 1.63. The van der Waals surface area contributed by atoms with E-state index in [1.165, 1.54) is 12.0 Å². The maximum atomic E-state index is 11.5. The lowest BCUT2D eigenvalue weighted by Crippen LogP contribution is -2.05. The Morgan fingerprint density at radius 1 is 1.41 bits per heavy atom. The third kappa shape index (κ3) is 3.32. The molecular weight excluding hydrogens is 364 g/mol. The van der Waals surface area contributed by atoms with Gasteiger partial charge in [-0.05, 0) is 31.5 Å². The van der Waals surface area contributed by atoms with Gasteiger partial charge in [0.15, 0.2) is 10.8 Å². The van der Waals surface area contributed by atoms with Crippen LogP contribution >= 0.6 is 11.3 Å². The van der Waals surface area contributed by atoms with Gasteiger partial charge in [0.2, 0.25) is 0 Å². The number of ether oxygens (including phenoxy) is 2. The van der Waals surface area contributed by atoms with Crippen LogP contribution in [0.3, 0.4) is 0 Å². The predicted molar refractivity (Wildman–Crippen MR) is 102 cm³/mol. The molecule has 27 heavy (non-hydrogen) atoms. The van der Waals surface area contributed by atoms with E-state index in [2.05, 4.69) is 23.9 Å². The van der Waals surface area contributed by atoms with E-state index in [0.29, 0.717) is 6.61 Å². The minimum atomic E-state index is -0.270. The number of aromatic nitrogens is 4. The molecule has 2 aromatic heterocycles. The predicted octanol–water partition coefficient (Wildman–Crippen LogP) is 3.30. The fraction of sp³-hybridized carbons (Fsp3) is 0.368. The molecule has 140 valence electrons. The molecule has 0 spiro atoms. The van der Waals surface area contributed by atoms with E-state index in [1.807, 2.05) is 22.9 Å². The summed E-state index contributed by atoms with van der Waals surface area (Å²) in [6.45, 7) is 4.71. The number of hydrogen-bond donors (Lipinski definition) is 0. The fourth-order valence-corrected chi connectivity index (χ4v) is 4.14. The second kappa shape index (κ2) is 7.11. The molecule has 0 atom stereocenters. The summed E-state index contributed by atoms with van der Waals surface area (Å²) in [4.78, 5) is 22.0. The first kappa shape index (κ1) is 17.7. The van der Waals surface area contributed by atoms with Gasteiger partial charge in [0, 0.05) is 22.9 Å². The third-order valence-electron chi connectivity index (χ3n) is 4.41. The molecule has 8 heteroatoms. The van der Waals surface area contributed by atoms with Crippen LogP contribution in [-0.4, -0.2) is 39.4 Å². The van der Waals surface area contributed by atoms with Crippen LogP contribution in [0.5, 0.6) is 5.75 Å². The van der Waals surface area contributed by atoms with E-state index in [4.69, 9.17) is 14.5 Å². The van der Waals surface area contributed by atoms with Crippen molar-refractivity contribution in [1.82, 2.24) is 19.7 Å². The molecule has 0 N–H and O–H groups in total. The lowest BCUT2D eigenvalue weighted by atomic mass is 10.0. The lowest BCUT2D eigenvalue weighted by molar-refractivity contribution is -0.139. The lowest BCUT2D eigenvalue weighted by Gasteiger charge is -2.09. The Bertz CT molecular complexity index is 993. The topological polar surface area (TPSA) is 79.1 Å². The number of fused-ring (bicyclic) bond motifs is 3. The van der Waals surface area contributed by atoms with Crippen LogP contribution < -0.4 is 4.74 Å². The summed E-state index contributed by atoms with van der Waals surface area (Å²) in [5.41, 5.74) is 2.72. The number of thiazole rings is 1. The van der Waals surface area contributed by atoms with Gasteiger partial charge in [-0.15, -0.1) is 11.3 Å². The molecular formula is C19H20N4O3S. The van der Waals surface area contributed by atoms with Crippen LogP contribution in [0.4, 0.5) is 0 Å². The number of hydrogen-bond acceptors (Lipinski definition) is 7. The summed E-state index contributed by atoms with van der Waals surface area (Å²) in [6.07, 6.45) is 2.57. The van der Waals surface area contributed by atoms with Crippen molar-refractivity contribution in [2.24, 2.45) is 0 Å². The first-order chi connectivity index (χ1) is 13.1. The van der Waals surface area contributed by atoms with Crippen LogP contribution in [0.15, 0.2) is 24.5 Å². The van der Waals surface area contributed by atoms with E-state index in [1.54, 1.807) is 17.7 Å². The highest BCUT2D eigenvalue weighted by atomic mass is 32.1. The van der Waals surface area contributed by atoms with Gasteiger partial charge in [-0.1, -0.05) is 6.07 Å². The van der Waals surface area contributed by atoms with Crippen LogP contribution in [0, 0.1) is 0 Å². The van der Waals surface area contributed by atoms with Gasteiger partial charge in [-0.2, -0.15) is 5.10 Å². The number of carbonyl (C=O) groups is 1. The molecule has 0 bridgehead atoms. The summed E-state index contributed by atoms with van der Waals surface area (Å²) in [5, 5.41) is 5.17. The van der Waals surface area contributed by atoms with Crippen molar-refractivity contribution < 1.29 is 14.3 Å². The average molecular weight is 384 g/mol. The van der Waals surface area contributed by atoms with Crippen molar-refractivity contribution in [2.75, 3.05) is 13.7 Å². The highest BCUT2D eigenvalue weighted by Gasteiger charge is 2.23. The van der Waals surface area contributed by atoms with E-state index < -0.39 is 0 Å². The molecule has 1 aromatic carbocycles. The van der Waals surface area contributed by atoms with Crippen LogP contribution in [-0.2, 0) is 22.4 Å². The summed E-state index contributed by atoms with van der Waals surface area (Å²) in [5.74, 6) is 1.26. The number of rotatable bonds is 4. The molecule has 0 aliphatic carbocycles. The third-order valence-corrected chi connectivity index (χ3v) is 5.53. The molecule has 1 aliphatic heterocycles. The maximum absolute atomic E-state index is 11.5. The van der Waals surface area contributed by atoms with Gasteiger partial charge in [-0.3, -0.25) is 4.79 Å². The zero-order valence-corrected chi connectivity index (χ0v) is 16.2. The van der Waals surface area contributed by atoms with E-state index in [9.17, 15) is 4.79 Å². The Morgan fingerprint density at radius 3 is 3.04 bits per heavy atom. The van der Waals surface area contributed by atoms with E-state index in [0.717, 1.165) is 39.8 Å². The maximum Gasteiger partial charge on any atom is 0.309 e. The molecule has 0 unspecified atom stereocenters. The largest absolute Gasteiger partial charge is 0.492 e. The van der Waals surface area contributed by atoms with Gasteiger partial charge >= 0.3 is 5.97 Å². The van der Waals surface area contributed by atoms with Crippen molar-refractivity contribution in [2.45, 2.75) is 32.7 Å². The van der Waals surface area contributed by atoms with Gasteiger partial charge in [-0.25, -0.2) is 14.6 Å². The van der Waals surface area contributed by atoms with Crippen LogP contribution in [0.25, 0.3) is 22.1 Å². The molecule has 0 radical (unpaired) electrons. The van der Waals surface area contributed by atoms with Gasteiger partial charge in [0.1, 0.15) is 12.1 Å². The monoisotopic (exact) mass is 384 g/mol. The van der Waals surface area contributed by atoms with Crippen molar-refractivity contribution in [3.8, 4) is 27.8 Å². The van der Waals surface area contributed by atoms with Crippen molar-refractivity contribution >= 4 is 17.3 Å². The van der Waals surface area contributed by atoms with Crippen molar-refractivity contribution in [3.05, 3.63) is 35.0 Å². The molecule has 0 amide bonds. The first-order valence-corrected chi connectivity index (χ1v) is 9.61. The summed E-state index contributed by atoms with van der Waals surface area (Å²) in [7, 11) is 1.39. The average Bonchev–Trinajstić information content (AvgIpc) is 3.26. The number of methoxy groups -OCH3 is 1. The first-order valence-electron chi connectivity index (χ1n) is 8.79. The molecule has 4 rings (SSSR count). The quantitative estimate of drug-likeness (QED) is 0.642. The number of carbonyl (C=O) groups excluding carboxylic acids is 1. The zero-order valence-electron chi connectivity index (χ0n) is 15.4. The van der Waals surface area contributed by atoms with Gasteiger partial charge < -0.3 is 9.47 Å². The standard InChI is InChI=1S/C19H20N4O3S/c1-11(2)23-18(20-10-21-23)19-22-17-13-5-4-12(9-16(24)25-3)8-14(13)26-7-6-15(17)27-19/h4-5,8,10-11H,6-7,9H2,1-3H3. The van der Waals surface area contributed by atoms with Crippen LogP contribution in [0.1, 0.15) is 30.3 Å². The Labute approximate surface area is 161 Å². The molecule has 0 fully saturated rings.